The molecule has 2 rings (SSSR count). The number of benzene rings is 1. The second-order valence-corrected chi connectivity index (χ2v) is 5.13. The van der Waals surface area contributed by atoms with Gasteiger partial charge in [0.15, 0.2) is 0 Å². The van der Waals surface area contributed by atoms with E-state index < -0.39 is 0 Å². The van der Waals surface area contributed by atoms with Gasteiger partial charge in [0.2, 0.25) is 5.91 Å². The number of nitrogen functional groups attached to an aromatic ring is 1. The van der Waals surface area contributed by atoms with Crippen LogP contribution in [0.2, 0.25) is 0 Å². The molecule has 4 heteroatoms. The number of amides is 1. The number of hydrogen-bond donors (Lipinski definition) is 2. The third-order valence-electron chi connectivity index (χ3n) is 3.54. The number of rotatable bonds is 7. The van der Waals surface area contributed by atoms with Gasteiger partial charge < -0.3 is 11.1 Å². The van der Waals surface area contributed by atoms with E-state index >= 15 is 0 Å². The van der Waals surface area contributed by atoms with Gasteiger partial charge in [-0.1, -0.05) is 19.1 Å². The highest BCUT2D eigenvalue weighted by Crippen LogP contribution is 2.25. The molecule has 3 N–H and O–H groups in total. The predicted octanol–water partition coefficient (Wildman–Crippen LogP) is 1.41. The molecule has 0 radical (unpaired) electrons. The number of carbonyl (C=O) groups is 1. The van der Waals surface area contributed by atoms with Crippen LogP contribution in [-0.2, 0) is 11.2 Å². The van der Waals surface area contributed by atoms with Crippen LogP contribution >= 0.6 is 0 Å². The summed E-state index contributed by atoms with van der Waals surface area (Å²) >= 11 is 0. The van der Waals surface area contributed by atoms with Crippen LogP contribution in [0.5, 0.6) is 0 Å². The van der Waals surface area contributed by atoms with Crippen LogP contribution in [-0.4, -0.2) is 36.5 Å². The molecule has 1 aromatic carbocycles. The van der Waals surface area contributed by atoms with Gasteiger partial charge in [-0.2, -0.15) is 0 Å². The van der Waals surface area contributed by atoms with Crippen molar-refractivity contribution in [3.8, 4) is 0 Å². The molecule has 1 amide bonds. The van der Waals surface area contributed by atoms with Crippen molar-refractivity contribution in [3.05, 3.63) is 29.8 Å². The lowest BCUT2D eigenvalue weighted by atomic mass is 10.1. The van der Waals surface area contributed by atoms with Crippen LogP contribution in [0.25, 0.3) is 0 Å². The molecule has 104 valence electrons. The van der Waals surface area contributed by atoms with E-state index in [1.54, 1.807) is 0 Å². The Labute approximate surface area is 115 Å². The Hall–Kier alpha value is -1.55. The van der Waals surface area contributed by atoms with E-state index in [2.05, 4.69) is 17.1 Å². The summed E-state index contributed by atoms with van der Waals surface area (Å²) < 4.78 is 0. The second kappa shape index (κ2) is 6.57. The minimum absolute atomic E-state index is 0.0802. The van der Waals surface area contributed by atoms with Gasteiger partial charge in [-0.3, -0.25) is 9.69 Å². The quantitative estimate of drug-likeness (QED) is 0.730. The lowest BCUT2D eigenvalue weighted by molar-refractivity contribution is -0.120. The van der Waals surface area contributed by atoms with Crippen molar-refractivity contribution < 1.29 is 4.79 Å². The van der Waals surface area contributed by atoms with Crippen molar-refractivity contribution in [2.24, 2.45) is 0 Å². The molecule has 0 saturated heterocycles. The molecule has 0 bridgehead atoms. The third-order valence-corrected chi connectivity index (χ3v) is 3.54. The van der Waals surface area contributed by atoms with E-state index in [0.717, 1.165) is 36.9 Å². The van der Waals surface area contributed by atoms with Crippen molar-refractivity contribution in [1.29, 1.82) is 0 Å². The molecule has 0 atom stereocenters. The number of hydrogen-bond acceptors (Lipinski definition) is 3. The Morgan fingerprint density at radius 1 is 1.37 bits per heavy atom. The standard InChI is InChI=1S/C15H23N3O/c1-2-18(14-7-8-14)10-9-17-15(19)11-12-3-5-13(16)6-4-12/h3-6,14H,2,7-11,16H2,1H3,(H,17,19). The van der Waals surface area contributed by atoms with Gasteiger partial charge in [-0.25, -0.2) is 0 Å². The molecule has 1 aliphatic rings. The van der Waals surface area contributed by atoms with E-state index in [1.165, 1.54) is 12.8 Å². The minimum Gasteiger partial charge on any atom is -0.399 e. The summed E-state index contributed by atoms with van der Waals surface area (Å²) in [6.07, 6.45) is 3.05. The monoisotopic (exact) mass is 261 g/mol. The molecule has 1 aromatic rings. The summed E-state index contributed by atoms with van der Waals surface area (Å²) in [4.78, 5) is 14.2. The normalized spacial score (nSPS) is 14.6. The first-order valence-corrected chi connectivity index (χ1v) is 7.04. The molecule has 0 spiro atoms. The SMILES string of the molecule is CCN(CCNC(=O)Cc1ccc(N)cc1)C1CC1. The Bertz CT molecular complexity index is 412. The van der Waals surface area contributed by atoms with Gasteiger partial charge in [0, 0.05) is 24.8 Å². The van der Waals surface area contributed by atoms with Crippen LogP contribution in [0.3, 0.4) is 0 Å². The molecular weight excluding hydrogens is 238 g/mol. The number of anilines is 1. The van der Waals surface area contributed by atoms with Gasteiger partial charge in [0.1, 0.15) is 0 Å². The van der Waals surface area contributed by atoms with Crippen molar-refractivity contribution in [2.45, 2.75) is 32.2 Å². The van der Waals surface area contributed by atoms with E-state index in [1.807, 2.05) is 24.3 Å². The zero-order valence-corrected chi connectivity index (χ0v) is 11.6. The van der Waals surface area contributed by atoms with E-state index in [0.29, 0.717) is 6.42 Å². The third kappa shape index (κ3) is 4.56. The van der Waals surface area contributed by atoms with Gasteiger partial charge in [-0.05, 0) is 37.1 Å². The fourth-order valence-corrected chi connectivity index (χ4v) is 2.26. The Kier molecular flexibility index (Phi) is 4.80. The average molecular weight is 261 g/mol. The molecular formula is C15H23N3O. The van der Waals surface area contributed by atoms with Crippen LogP contribution < -0.4 is 11.1 Å². The Morgan fingerprint density at radius 3 is 2.63 bits per heavy atom. The highest BCUT2D eigenvalue weighted by molar-refractivity contribution is 5.78. The number of nitrogens with zero attached hydrogens (tertiary/aromatic N) is 1. The number of nitrogens with one attached hydrogen (secondary N) is 1. The van der Waals surface area contributed by atoms with Crippen LogP contribution in [0.15, 0.2) is 24.3 Å². The van der Waals surface area contributed by atoms with Crippen LogP contribution in [0.1, 0.15) is 25.3 Å². The zero-order valence-electron chi connectivity index (χ0n) is 11.6. The molecule has 19 heavy (non-hydrogen) atoms. The highest BCUT2D eigenvalue weighted by Gasteiger charge is 2.27. The van der Waals surface area contributed by atoms with Gasteiger partial charge in [-0.15, -0.1) is 0 Å². The molecule has 0 aromatic heterocycles. The second-order valence-electron chi connectivity index (χ2n) is 5.13. The topological polar surface area (TPSA) is 58.4 Å². The van der Waals surface area contributed by atoms with Gasteiger partial charge in [0.05, 0.1) is 6.42 Å². The maximum atomic E-state index is 11.8. The molecule has 0 heterocycles. The van der Waals surface area contributed by atoms with Crippen LogP contribution in [0.4, 0.5) is 5.69 Å². The van der Waals surface area contributed by atoms with Gasteiger partial charge >= 0.3 is 0 Å². The van der Waals surface area contributed by atoms with Crippen molar-refractivity contribution in [3.63, 3.8) is 0 Å². The summed E-state index contributed by atoms with van der Waals surface area (Å²) in [6.45, 7) is 4.93. The molecule has 1 aliphatic carbocycles. The van der Waals surface area contributed by atoms with Crippen molar-refractivity contribution in [1.82, 2.24) is 10.2 Å². The van der Waals surface area contributed by atoms with E-state index in [-0.39, 0.29) is 5.91 Å². The fourth-order valence-electron chi connectivity index (χ4n) is 2.26. The first kappa shape index (κ1) is 13.9. The molecule has 0 aliphatic heterocycles. The molecule has 4 nitrogen and oxygen atoms in total. The summed E-state index contributed by atoms with van der Waals surface area (Å²) in [5, 5.41) is 2.98. The minimum atomic E-state index is 0.0802. The highest BCUT2D eigenvalue weighted by atomic mass is 16.1. The molecule has 0 unspecified atom stereocenters. The largest absolute Gasteiger partial charge is 0.399 e. The lowest BCUT2D eigenvalue weighted by Crippen LogP contribution is -2.36. The number of nitrogens with two attached hydrogens (primary N) is 1. The van der Waals surface area contributed by atoms with Crippen LogP contribution in [0, 0.1) is 0 Å². The number of carbonyl (C=O) groups excluding carboxylic acids is 1. The summed E-state index contributed by atoms with van der Waals surface area (Å²) in [5.74, 6) is 0.0802. The average Bonchev–Trinajstić information content (AvgIpc) is 3.22. The van der Waals surface area contributed by atoms with Crippen molar-refractivity contribution in [2.75, 3.05) is 25.4 Å². The maximum absolute atomic E-state index is 11.8. The van der Waals surface area contributed by atoms with E-state index in [9.17, 15) is 4.79 Å². The Morgan fingerprint density at radius 2 is 2.05 bits per heavy atom. The first-order chi connectivity index (χ1) is 9.19. The zero-order chi connectivity index (χ0) is 13.7. The van der Waals surface area contributed by atoms with Gasteiger partial charge in [0.25, 0.3) is 0 Å². The lowest BCUT2D eigenvalue weighted by Gasteiger charge is -2.19. The summed E-state index contributed by atoms with van der Waals surface area (Å²) in [5.41, 5.74) is 7.34. The molecule has 1 saturated carbocycles. The maximum Gasteiger partial charge on any atom is 0.224 e. The summed E-state index contributed by atoms with van der Waals surface area (Å²) in [6, 6.07) is 8.22. The number of likely N-dealkylation sites (N-methyl/N-ethyl adjacent to an activating group) is 1. The molecule has 1 fully saturated rings. The predicted molar refractivity (Wildman–Crippen MR) is 77.8 cm³/mol. The smallest absolute Gasteiger partial charge is 0.224 e. The first-order valence-electron chi connectivity index (χ1n) is 7.04. The van der Waals surface area contributed by atoms with E-state index in [4.69, 9.17) is 5.73 Å². The van der Waals surface area contributed by atoms with Crippen molar-refractivity contribution >= 4 is 11.6 Å². The Balaban J connectivity index is 1.68. The fraction of sp³-hybridized carbons (Fsp3) is 0.533. The summed E-state index contributed by atoms with van der Waals surface area (Å²) in [7, 11) is 0.